The van der Waals surface area contributed by atoms with Crippen molar-refractivity contribution in [2.75, 3.05) is 0 Å². The molecule has 2 nitrogen and oxygen atoms in total. The first-order valence-electron chi connectivity index (χ1n) is 8.50. The van der Waals surface area contributed by atoms with Crippen LogP contribution < -0.4 is 0 Å². The van der Waals surface area contributed by atoms with E-state index in [2.05, 4.69) is 0 Å². The normalized spacial score (nSPS) is 23.7. The summed E-state index contributed by atoms with van der Waals surface area (Å²) in [7, 11) is 0. The minimum Gasteiger partial charge on any atom is -0.375 e. The van der Waals surface area contributed by atoms with Crippen LogP contribution >= 0.6 is 34.3 Å². The van der Waals surface area contributed by atoms with Crippen molar-refractivity contribution in [3.8, 4) is 0 Å². The summed E-state index contributed by atoms with van der Waals surface area (Å²) in [6.45, 7) is 0. The lowest BCUT2D eigenvalue weighted by Gasteiger charge is -2.44. The SMILES string of the molecule is OC1(c2cccs2)c2ccccc2C(O)(c2cccs2)c2c(Cl)cccc21. The van der Waals surface area contributed by atoms with Crippen LogP contribution in [0.5, 0.6) is 0 Å². The fourth-order valence-corrected chi connectivity index (χ4v) is 6.08. The summed E-state index contributed by atoms with van der Waals surface area (Å²) in [5.74, 6) is 0. The molecule has 0 bridgehead atoms. The molecule has 1 aliphatic rings. The third kappa shape index (κ3) is 2.19. The number of thiophene rings is 2. The molecule has 2 N–H and O–H groups in total. The number of aliphatic hydroxyl groups is 2. The first-order valence-corrected chi connectivity index (χ1v) is 10.6. The van der Waals surface area contributed by atoms with Crippen LogP contribution in [-0.4, -0.2) is 10.2 Å². The van der Waals surface area contributed by atoms with Gasteiger partial charge in [0.15, 0.2) is 5.60 Å². The highest BCUT2D eigenvalue weighted by atomic mass is 35.5. The summed E-state index contributed by atoms with van der Waals surface area (Å²) >= 11 is 9.60. The Bertz CT molecular complexity index is 1120. The van der Waals surface area contributed by atoms with E-state index in [4.69, 9.17) is 11.6 Å². The third-order valence-corrected chi connectivity index (χ3v) is 7.50. The number of benzene rings is 2. The van der Waals surface area contributed by atoms with E-state index < -0.39 is 11.2 Å². The van der Waals surface area contributed by atoms with Crippen molar-refractivity contribution in [1.29, 1.82) is 0 Å². The zero-order valence-electron chi connectivity index (χ0n) is 14.1. The lowest BCUT2D eigenvalue weighted by Crippen LogP contribution is -2.43. The van der Waals surface area contributed by atoms with Crippen LogP contribution in [0.3, 0.4) is 0 Å². The summed E-state index contributed by atoms with van der Waals surface area (Å²) in [6.07, 6.45) is 0. The molecule has 0 amide bonds. The van der Waals surface area contributed by atoms with E-state index in [0.29, 0.717) is 27.3 Å². The minimum atomic E-state index is -1.41. The predicted octanol–water partition coefficient (Wildman–Crippen LogP) is 5.34. The van der Waals surface area contributed by atoms with Gasteiger partial charge in [0, 0.05) is 37.0 Å². The van der Waals surface area contributed by atoms with Gasteiger partial charge in [-0.25, -0.2) is 0 Å². The Morgan fingerprint density at radius 2 is 1.19 bits per heavy atom. The van der Waals surface area contributed by atoms with Crippen LogP contribution in [0.1, 0.15) is 32.0 Å². The lowest BCUT2D eigenvalue weighted by molar-refractivity contribution is 0.0787. The minimum absolute atomic E-state index is 0.438. The molecule has 2 atom stereocenters. The van der Waals surface area contributed by atoms with Gasteiger partial charge in [0.05, 0.1) is 0 Å². The van der Waals surface area contributed by atoms with E-state index in [1.54, 1.807) is 6.07 Å². The number of fused-ring (bicyclic) bond motifs is 2. The maximum Gasteiger partial charge on any atom is 0.151 e. The van der Waals surface area contributed by atoms with Gasteiger partial charge in [-0.15, -0.1) is 22.7 Å². The topological polar surface area (TPSA) is 40.5 Å². The molecule has 0 saturated carbocycles. The van der Waals surface area contributed by atoms with Crippen molar-refractivity contribution >= 4 is 34.3 Å². The second-order valence-corrected chi connectivity index (χ2v) is 8.89. The first kappa shape index (κ1) is 17.2. The first-order chi connectivity index (χ1) is 13.1. The predicted molar refractivity (Wildman–Crippen MR) is 111 cm³/mol. The van der Waals surface area contributed by atoms with Gasteiger partial charge in [0.25, 0.3) is 0 Å². The largest absolute Gasteiger partial charge is 0.375 e. The molecule has 134 valence electrons. The van der Waals surface area contributed by atoms with Crippen molar-refractivity contribution in [1.82, 2.24) is 0 Å². The fourth-order valence-electron chi connectivity index (χ4n) is 4.08. The molecule has 5 heteroatoms. The van der Waals surface area contributed by atoms with Gasteiger partial charge in [0.1, 0.15) is 5.60 Å². The highest BCUT2D eigenvalue weighted by Gasteiger charge is 2.52. The average molecular weight is 411 g/mol. The maximum absolute atomic E-state index is 12.1. The smallest absolute Gasteiger partial charge is 0.151 e. The van der Waals surface area contributed by atoms with E-state index in [9.17, 15) is 10.2 Å². The maximum atomic E-state index is 12.1. The van der Waals surface area contributed by atoms with Gasteiger partial charge in [0.2, 0.25) is 0 Å². The van der Waals surface area contributed by atoms with Crippen LogP contribution in [0, 0.1) is 0 Å². The molecule has 0 aliphatic heterocycles. The zero-order valence-corrected chi connectivity index (χ0v) is 16.5. The lowest BCUT2D eigenvalue weighted by atomic mass is 9.66. The van der Waals surface area contributed by atoms with E-state index in [1.165, 1.54) is 22.7 Å². The Hall–Kier alpha value is -1.95. The zero-order chi connectivity index (χ0) is 18.6. The molecule has 0 spiro atoms. The standard InChI is InChI=1S/C22H15ClO2S2/c23-17-9-3-8-16-20(17)22(25,19-11-5-13-27-19)15-7-2-1-6-14(15)21(16,24)18-10-4-12-26-18/h1-13,24-25H. The van der Waals surface area contributed by atoms with Crippen molar-refractivity contribution in [3.05, 3.63) is 115 Å². The molecule has 2 aromatic carbocycles. The number of rotatable bonds is 2. The third-order valence-electron chi connectivity index (χ3n) is 5.23. The van der Waals surface area contributed by atoms with Crippen molar-refractivity contribution < 1.29 is 10.2 Å². The Morgan fingerprint density at radius 1 is 0.630 bits per heavy atom. The second kappa shape index (κ2) is 6.03. The quantitative estimate of drug-likeness (QED) is 0.468. The molecule has 0 fully saturated rings. The summed E-state index contributed by atoms with van der Waals surface area (Å²) in [5, 5.41) is 28.4. The van der Waals surface area contributed by atoms with Crippen molar-refractivity contribution in [2.45, 2.75) is 11.2 Å². The molecule has 4 aromatic rings. The Morgan fingerprint density at radius 3 is 1.78 bits per heavy atom. The van der Waals surface area contributed by atoms with Gasteiger partial charge in [-0.2, -0.15) is 0 Å². The molecule has 0 saturated heterocycles. The summed E-state index contributed by atoms with van der Waals surface area (Å²) in [5.41, 5.74) is -0.283. The fraction of sp³-hybridized carbons (Fsp3) is 0.0909. The Labute approximate surface area is 169 Å². The van der Waals surface area contributed by atoms with E-state index >= 15 is 0 Å². The molecule has 2 heterocycles. The van der Waals surface area contributed by atoms with Crippen LogP contribution in [0.15, 0.2) is 77.5 Å². The second-order valence-electron chi connectivity index (χ2n) is 6.58. The summed E-state index contributed by atoms with van der Waals surface area (Å²) in [4.78, 5) is 1.57. The van der Waals surface area contributed by atoms with Gasteiger partial charge in [-0.3, -0.25) is 0 Å². The van der Waals surface area contributed by atoms with Crippen LogP contribution in [0.25, 0.3) is 0 Å². The van der Waals surface area contributed by atoms with E-state index in [-0.39, 0.29) is 0 Å². The molecule has 0 radical (unpaired) electrons. The molecule has 27 heavy (non-hydrogen) atoms. The number of halogens is 1. The van der Waals surface area contributed by atoms with Crippen molar-refractivity contribution in [2.24, 2.45) is 0 Å². The Balaban J connectivity index is 1.96. The van der Waals surface area contributed by atoms with Gasteiger partial charge in [-0.1, -0.05) is 60.1 Å². The molecule has 5 rings (SSSR count). The number of hydrogen-bond donors (Lipinski definition) is 2. The van der Waals surface area contributed by atoms with Crippen LogP contribution in [0.4, 0.5) is 0 Å². The van der Waals surface area contributed by atoms with Gasteiger partial charge < -0.3 is 10.2 Å². The summed E-state index contributed by atoms with van der Waals surface area (Å²) < 4.78 is 0. The Kier molecular flexibility index (Phi) is 3.83. The summed E-state index contributed by atoms with van der Waals surface area (Å²) in [6, 6.07) is 20.6. The van der Waals surface area contributed by atoms with E-state index in [0.717, 1.165) is 9.75 Å². The van der Waals surface area contributed by atoms with Gasteiger partial charge in [-0.05, 0) is 29.0 Å². The molecule has 2 aromatic heterocycles. The van der Waals surface area contributed by atoms with Crippen LogP contribution in [-0.2, 0) is 11.2 Å². The molecule has 1 aliphatic carbocycles. The molecular weight excluding hydrogens is 396 g/mol. The number of hydrogen-bond acceptors (Lipinski definition) is 4. The monoisotopic (exact) mass is 410 g/mol. The highest BCUT2D eigenvalue weighted by Crippen LogP contribution is 2.55. The van der Waals surface area contributed by atoms with Gasteiger partial charge >= 0.3 is 0 Å². The highest BCUT2D eigenvalue weighted by molar-refractivity contribution is 7.10. The van der Waals surface area contributed by atoms with E-state index in [1.807, 2.05) is 71.4 Å². The van der Waals surface area contributed by atoms with Crippen molar-refractivity contribution in [3.63, 3.8) is 0 Å². The average Bonchev–Trinajstić information content (AvgIpc) is 3.40. The molecular formula is C22H15ClO2S2. The van der Waals surface area contributed by atoms with Crippen LogP contribution in [0.2, 0.25) is 5.02 Å². The molecule has 2 unspecified atom stereocenters.